The molecule has 0 fully saturated rings. The van der Waals surface area contributed by atoms with Crippen LogP contribution in [0.15, 0.2) is 24.3 Å². The van der Waals surface area contributed by atoms with Crippen molar-refractivity contribution in [2.24, 2.45) is 5.92 Å². The molecule has 1 atom stereocenters. The van der Waals surface area contributed by atoms with Crippen molar-refractivity contribution in [3.8, 4) is 5.75 Å². The highest BCUT2D eigenvalue weighted by atomic mass is 16.5. The van der Waals surface area contributed by atoms with Crippen LogP contribution in [0.4, 0.5) is 0 Å². The molecule has 0 aliphatic rings. The van der Waals surface area contributed by atoms with Gasteiger partial charge in [-0.2, -0.15) is 0 Å². The normalized spacial score (nSPS) is 12.2. The first-order valence-electron chi connectivity index (χ1n) is 7.22. The highest BCUT2D eigenvalue weighted by Gasteiger charge is 2.09. The summed E-state index contributed by atoms with van der Waals surface area (Å²) in [5, 5.41) is 17.9. The zero-order valence-electron chi connectivity index (χ0n) is 12.0. The van der Waals surface area contributed by atoms with Crippen LogP contribution in [0, 0.1) is 5.92 Å². The van der Waals surface area contributed by atoms with Crippen molar-refractivity contribution in [2.45, 2.75) is 46.0 Å². The van der Waals surface area contributed by atoms with Gasteiger partial charge in [-0.3, -0.25) is 0 Å². The maximum absolute atomic E-state index is 8.97. The van der Waals surface area contributed by atoms with E-state index in [-0.39, 0.29) is 0 Å². The maximum Gasteiger partial charge on any atom is 0.488 e. The summed E-state index contributed by atoms with van der Waals surface area (Å²) in [5.74, 6) is 1.62. The van der Waals surface area contributed by atoms with Gasteiger partial charge in [0, 0.05) is 0 Å². The molecular weight excluding hydrogens is 239 g/mol. The van der Waals surface area contributed by atoms with E-state index in [0.717, 1.165) is 24.7 Å². The van der Waals surface area contributed by atoms with Crippen LogP contribution in [0.5, 0.6) is 5.75 Å². The molecule has 0 saturated heterocycles. The largest absolute Gasteiger partial charge is 0.494 e. The highest BCUT2D eigenvalue weighted by molar-refractivity contribution is 6.58. The Morgan fingerprint density at radius 2 is 1.79 bits per heavy atom. The van der Waals surface area contributed by atoms with Crippen LogP contribution in [0.25, 0.3) is 0 Å². The summed E-state index contributed by atoms with van der Waals surface area (Å²) in [6, 6.07) is 6.88. The van der Waals surface area contributed by atoms with E-state index >= 15 is 0 Å². The van der Waals surface area contributed by atoms with Crippen LogP contribution >= 0.6 is 0 Å². The van der Waals surface area contributed by atoms with Crippen LogP contribution in [0.3, 0.4) is 0 Å². The lowest BCUT2D eigenvalue weighted by atomic mass is 9.80. The van der Waals surface area contributed by atoms with Crippen molar-refractivity contribution in [3.63, 3.8) is 0 Å². The van der Waals surface area contributed by atoms with E-state index in [1.807, 2.05) is 0 Å². The Bertz CT molecular complexity index is 338. The molecule has 0 aliphatic heterocycles. The van der Waals surface area contributed by atoms with E-state index in [4.69, 9.17) is 14.8 Å². The third-order valence-corrected chi connectivity index (χ3v) is 3.49. The fourth-order valence-electron chi connectivity index (χ4n) is 1.90. The van der Waals surface area contributed by atoms with Crippen LogP contribution in [0.2, 0.25) is 0 Å². The summed E-state index contributed by atoms with van der Waals surface area (Å²) in [7, 11) is -1.41. The molecule has 1 aromatic carbocycles. The van der Waals surface area contributed by atoms with Gasteiger partial charge in [0.05, 0.1) is 6.61 Å². The molecule has 4 heteroatoms. The first-order valence-corrected chi connectivity index (χ1v) is 7.22. The Kier molecular flexibility index (Phi) is 7.60. The fourth-order valence-corrected chi connectivity index (χ4v) is 1.90. The van der Waals surface area contributed by atoms with Crippen LogP contribution in [-0.2, 0) is 0 Å². The second kappa shape index (κ2) is 9.00. The van der Waals surface area contributed by atoms with Crippen molar-refractivity contribution < 1.29 is 14.8 Å². The van der Waals surface area contributed by atoms with Gasteiger partial charge in [0.1, 0.15) is 5.75 Å². The average molecular weight is 264 g/mol. The second-order valence-corrected chi connectivity index (χ2v) is 5.15. The molecule has 1 unspecified atom stereocenters. The summed E-state index contributed by atoms with van der Waals surface area (Å²) in [6.45, 7) is 5.26. The number of rotatable bonds is 9. The number of unbranched alkanes of at least 4 members (excludes halogenated alkanes) is 2. The standard InChI is InChI=1S/C15H25BO3/c1-3-13(2)7-5-4-6-12-19-15-10-8-14(9-11-15)16(17)18/h8-11,13,17-18H,3-7,12H2,1-2H3. The predicted molar refractivity (Wildman–Crippen MR) is 79.7 cm³/mol. The lowest BCUT2D eigenvalue weighted by molar-refractivity contribution is 0.302. The first-order chi connectivity index (χ1) is 9.13. The van der Waals surface area contributed by atoms with Crippen LogP contribution in [0.1, 0.15) is 46.0 Å². The van der Waals surface area contributed by atoms with Gasteiger partial charge in [-0.1, -0.05) is 51.7 Å². The van der Waals surface area contributed by atoms with Crippen molar-refractivity contribution in [2.75, 3.05) is 6.61 Å². The third kappa shape index (κ3) is 6.64. The first kappa shape index (κ1) is 16.1. The molecule has 0 aromatic heterocycles. The molecule has 0 radical (unpaired) electrons. The van der Waals surface area contributed by atoms with E-state index in [9.17, 15) is 0 Å². The number of hydrogen-bond acceptors (Lipinski definition) is 3. The molecule has 3 nitrogen and oxygen atoms in total. The van der Waals surface area contributed by atoms with E-state index < -0.39 is 7.12 Å². The van der Waals surface area contributed by atoms with E-state index in [2.05, 4.69) is 13.8 Å². The minimum atomic E-state index is -1.41. The van der Waals surface area contributed by atoms with E-state index in [1.165, 1.54) is 25.7 Å². The maximum atomic E-state index is 8.97. The summed E-state index contributed by atoms with van der Waals surface area (Å²) >= 11 is 0. The molecule has 1 aromatic rings. The number of benzene rings is 1. The zero-order chi connectivity index (χ0) is 14.1. The minimum absolute atomic E-state index is 0.487. The monoisotopic (exact) mass is 264 g/mol. The number of ether oxygens (including phenoxy) is 1. The van der Waals surface area contributed by atoms with Crippen molar-refractivity contribution in [1.82, 2.24) is 0 Å². The molecule has 0 saturated carbocycles. The van der Waals surface area contributed by atoms with Gasteiger partial charge >= 0.3 is 7.12 Å². The number of hydrogen-bond donors (Lipinski definition) is 2. The Labute approximate surface area is 116 Å². The predicted octanol–water partition coefficient (Wildman–Crippen LogP) is 2.35. The zero-order valence-corrected chi connectivity index (χ0v) is 12.0. The average Bonchev–Trinajstić information content (AvgIpc) is 2.42. The minimum Gasteiger partial charge on any atom is -0.494 e. The Morgan fingerprint density at radius 1 is 1.11 bits per heavy atom. The Hall–Kier alpha value is -0.995. The molecule has 0 spiro atoms. The molecule has 19 heavy (non-hydrogen) atoms. The summed E-state index contributed by atoms with van der Waals surface area (Å²) in [5.41, 5.74) is 0.487. The van der Waals surface area contributed by atoms with Gasteiger partial charge in [-0.15, -0.1) is 0 Å². The quantitative estimate of drug-likeness (QED) is 0.531. The van der Waals surface area contributed by atoms with Crippen molar-refractivity contribution >= 4 is 12.6 Å². The SMILES string of the molecule is CCC(C)CCCCCOc1ccc(B(O)O)cc1. The van der Waals surface area contributed by atoms with Gasteiger partial charge in [0.25, 0.3) is 0 Å². The summed E-state index contributed by atoms with van der Waals surface area (Å²) in [4.78, 5) is 0. The molecule has 106 valence electrons. The lowest BCUT2D eigenvalue weighted by Crippen LogP contribution is -2.29. The van der Waals surface area contributed by atoms with Gasteiger partial charge in [0.2, 0.25) is 0 Å². The third-order valence-electron chi connectivity index (χ3n) is 3.49. The van der Waals surface area contributed by atoms with Crippen molar-refractivity contribution in [3.05, 3.63) is 24.3 Å². The van der Waals surface area contributed by atoms with Gasteiger partial charge in [-0.05, 0) is 29.9 Å². The van der Waals surface area contributed by atoms with Crippen LogP contribution < -0.4 is 10.2 Å². The molecule has 0 heterocycles. The Morgan fingerprint density at radius 3 is 2.37 bits per heavy atom. The molecular formula is C15H25BO3. The van der Waals surface area contributed by atoms with E-state index in [1.54, 1.807) is 24.3 Å². The molecule has 2 N–H and O–H groups in total. The lowest BCUT2D eigenvalue weighted by Gasteiger charge is -2.09. The van der Waals surface area contributed by atoms with Gasteiger partial charge in [-0.25, -0.2) is 0 Å². The topological polar surface area (TPSA) is 49.7 Å². The highest BCUT2D eigenvalue weighted by Crippen LogP contribution is 2.13. The molecule has 0 aliphatic carbocycles. The van der Waals surface area contributed by atoms with Crippen LogP contribution in [-0.4, -0.2) is 23.8 Å². The smallest absolute Gasteiger partial charge is 0.488 e. The van der Waals surface area contributed by atoms with Gasteiger partial charge in [0.15, 0.2) is 0 Å². The summed E-state index contributed by atoms with van der Waals surface area (Å²) < 4.78 is 5.61. The van der Waals surface area contributed by atoms with Gasteiger partial charge < -0.3 is 14.8 Å². The second-order valence-electron chi connectivity index (χ2n) is 5.15. The van der Waals surface area contributed by atoms with Crippen molar-refractivity contribution in [1.29, 1.82) is 0 Å². The summed E-state index contributed by atoms with van der Waals surface area (Å²) in [6.07, 6.45) is 6.12. The fraction of sp³-hybridized carbons (Fsp3) is 0.600. The molecule has 0 amide bonds. The Balaban J connectivity index is 2.12. The molecule has 0 bridgehead atoms. The van der Waals surface area contributed by atoms with E-state index in [0.29, 0.717) is 5.46 Å². The molecule has 1 rings (SSSR count).